The monoisotopic (exact) mass is 270 g/mol. The second kappa shape index (κ2) is 5.99. The predicted molar refractivity (Wildman–Crippen MR) is 83.1 cm³/mol. The van der Waals surface area contributed by atoms with E-state index in [9.17, 15) is 0 Å². The summed E-state index contributed by atoms with van der Waals surface area (Å²) in [6, 6.07) is 8.49. The van der Waals surface area contributed by atoms with Crippen molar-refractivity contribution in [1.82, 2.24) is 9.55 Å². The molecule has 0 radical (unpaired) electrons. The minimum atomic E-state index is 0.839. The first kappa shape index (κ1) is 13.0. The molecule has 1 saturated heterocycles. The van der Waals surface area contributed by atoms with E-state index in [2.05, 4.69) is 57.2 Å². The van der Waals surface area contributed by atoms with Crippen LogP contribution in [0.4, 0.5) is 11.5 Å². The van der Waals surface area contributed by atoms with E-state index in [4.69, 9.17) is 0 Å². The fourth-order valence-electron chi connectivity index (χ4n) is 2.73. The van der Waals surface area contributed by atoms with E-state index in [1.165, 1.54) is 18.5 Å². The van der Waals surface area contributed by atoms with Crippen LogP contribution in [0, 0.1) is 0 Å². The fraction of sp³-hybridized carbons (Fsp3) is 0.438. The predicted octanol–water partition coefficient (Wildman–Crippen LogP) is 3.12. The molecule has 0 bridgehead atoms. The minimum absolute atomic E-state index is 0.839. The molecule has 4 nitrogen and oxygen atoms in total. The molecule has 0 unspecified atom stereocenters. The summed E-state index contributed by atoms with van der Waals surface area (Å²) in [5, 5.41) is 3.44. The molecule has 0 aromatic carbocycles. The van der Waals surface area contributed by atoms with Crippen LogP contribution in [0.15, 0.2) is 36.7 Å². The zero-order valence-corrected chi connectivity index (χ0v) is 12.0. The van der Waals surface area contributed by atoms with Crippen molar-refractivity contribution in [3.63, 3.8) is 0 Å². The smallest absolute Gasteiger partial charge is 0.128 e. The Bertz CT molecular complexity index is 538. The van der Waals surface area contributed by atoms with E-state index in [0.29, 0.717) is 0 Å². The van der Waals surface area contributed by atoms with Gasteiger partial charge in [0, 0.05) is 31.5 Å². The lowest BCUT2D eigenvalue weighted by Crippen LogP contribution is -2.18. The average molecular weight is 270 g/mol. The normalized spacial score (nSPS) is 14.8. The van der Waals surface area contributed by atoms with E-state index < -0.39 is 0 Å². The Hall–Kier alpha value is -1.97. The van der Waals surface area contributed by atoms with Gasteiger partial charge in [0.05, 0.1) is 18.4 Å². The van der Waals surface area contributed by atoms with Crippen molar-refractivity contribution in [2.75, 3.05) is 23.3 Å². The van der Waals surface area contributed by atoms with Crippen LogP contribution in [0.5, 0.6) is 0 Å². The Morgan fingerprint density at radius 3 is 2.75 bits per heavy atom. The lowest BCUT2D eigenvalue weighted by Gasteiger charge is -2.16. The van der Waals surface area contributed by atoms with Crippen molar-refractivity contribution in [2.45, 2.75) is 32.9 Å². The SMILES string of the molecule is CCn1cccc1CNc1ccc(N2CCCC2)nc1. The van der Waals surface area contributed by atoms with E-state index in [0.717, 1.165) is 37.7 Å². The van der Waals surface area contributed by atoms with Crippen molar-refractivity contribution in [2.24, 2.45) is 0 Å². The third kappa shape index (κ3) is 2.79. The molecule has 3 heterocycles. The molecule has 0 spiro atoms. The van der Waals surface area contributed by atoms with Gasteiger partial charge in [-0.1, -0.05) is 0 Å². The number of rotatable bonds is 5. The summed E-state index contributed by atoms with van der Waals surface area (Å²) in [4.78, 5) is 6.91. The molecule has 106 valence electrons. The van der Waals surface area contributed by atoms with Gasteiger partial charge in [-0.25, -0.2) is 4.98 Å². The number of hydrogen-bond donors (Lipinski definition) is 1. The van der Waals surface area contributed by atoms with Gasteiger partial charge in [0.1, 0.15) is 5.82 Å². The molecular formula is C16H22N4. The first-order valence-corrected chi connectivity index (χ1v) is 7.45. The van der Waals surface area contributed by atoms with Crippen LogP contribution in [0.25, 0.3) is 0 Å². The first-order valence-electron chi connectivity index (χ1n) is 7.45. The summed E-state index contributed by atoms with van der Waals surface area (Å²) in [5.41, 5.74) is 2.38. The van der Waals surface area contributed by atoms with Crippen molar-refractivity contribution in [3.05, 3.63) is 42.4 Å². The van der Waals surface area contributed by atoms with Gasteiger partial charge in [-0.15, -0.1) is 0 Å². The molecular weight excluding hydrogens is 248 g/mol. The largest absolute Gasteiger partial charge is 0.378 e. The second-order valence-corrected chi connectivity index (χ2v) is 5.24. The summed E-state index contributed by atoms with van der Waals surface area (Å²) < 4.78 is 2.25. The number of anilines is 2. The molecule has 3 rings (SSSR count). The van der Waals surface area contributed by atoms with Crippen molar-refractivity contribution < 1.29 is 0 Å². The summed E-state index contributed by atoms with van der Waals surface area (Å²) in [5.74, 6) is 1.10. The summed E-state index contributed by atoms with van der Waals surface area (Å²) in [6.45, 7) is 6.30. The molecule has 0 atom stereocenters. The van der Waals surface area contributed by atoms with Gasteiger partial charge < -0.3 is 14.8 Å². The Morgan fingerprint density at radius 1 is 1.20 bits per heavy atom. The van der Waals surface area contributed by atoms with E-state index in [1.807, 2.05) is 6.20 Å². The molecule has 2 aromatic heterocycles. The van der Waals surface area contributed by atoms with Crippen molar-refractivity contribution in [1.29, 1.82) is 0 Å². The third-order valence-corrected chi connectivity index (χ3v) is 3.92. The van der Waals surface area contributed by atoms with Gasteiger partial charge in [0.25, 0.3) is 0 Å². The van der Waals surface area contributed by atoms with Crippen LogP contribution in [-0.4, -0.2) is 22.6 Å². The molecule has 0 aliphatic carbocycles. The lowest BCUT2D eigenvalue weighted by atomic mass is 10.3. The van der Waals surface area contributed by atoms with Gasteiger partial charge >= 0.3 is 0 Å². The second-order valence-electron chi connectivity index (χ2n) is 5.24. The van der Waals surface area contributed by atoms with E-state index >= 15 is 0 Å². The zero-order chi connectivity index (χ0) is 13.8. The molecule has 0 amide bonds. The van der Waals surface area contributed by atoms with Crippen LogP contribution >= 0.6 is 0 Å². The molecule has 20 heavy (non-hydrogen) atoms. The van der Waals surface area contributed by atoms with Gasteiger partial charge in [0.15, 0.2) is 0 Å². The van der Waals surface area contributed by atoms with Crippen LogP contribution in [0.2, 0.25) is 0 Å². The number of nitrogens with one attached hydrogen (secondary N) is 1. The average Bonchev–Trinajstić information content (AvgIpc) is 3.16. The summed E-state index contributed by atoms with van der Waals surface area (Å²) in [6.07, 6.45) is 6.63. The summed E-state index contributed by atoms with van der Waals surface area (Å²) in [7, 11) is 0. The lowest BCUT2D eigenvalue weighted by molar-refractivity contribution is 0.724. The number of hydrogen-bond acceptors (Lipinski definition) is 3. The van der Waals surface area contributed by atoms with Gasteiger partial charge in [-0.2, -0.15) is 0 Å². The van der Waals surface area contributed by atoms with Gasteiger partial charge in [-0.05, 0) is 44.0 Å². The van der Waals surface area contributed by atoms with E-state index in [1.54, 1.807) is 0 Å². The maximum atomic E-state index is 4.56. The molecule has 0 saturated carbocycles. The first-order chi connectivity index (χ1) is 9.86. The molecule has 4 heteroatoms. The Labute approximate surface area is 120 Å². The third-order valence-electron chi connectivity index (χ3n) is 3.92. The van der Waals surface area contributed by atoms with Crippen LogP contribution in [0.3, 0.4) is 0 Å². The van der Waals surface area contributed by atoms with Crippen molar-refractivity contribution in [3.8, 4) is 0 Å². The van der Waals surface area contributed by atoms with Gasteiger partial charge in [0.2, 0.25) is 0 Å². The molecule has 1 aliphatic rings. The van der Waals surface area contributed by atoms with Crippen LogP contribution < -0.4 is 10.2 Å². The highest BCUT2D eigenvalue weighted by molar-refractivity contribution is 5.49. The fourth-order valence-corrected chi connectivity index (χ4v) is 2.73. The Kier molecular flexibility index (Phi) is 3.90. The number of pyridine rings is 1. The van der Waals surface area contributed by atoms with Crippen LogP contribution in [0.1, 0.15) is 25.5 Å². The molecule has 1 aliphatic heterocycles. The molecule has 1 fully saturated rings. The number of aromatic nitrogens is 2. The number of aryl methyl sites for hydroxylation is 1. The highest BCUT2D eigenvalue weighted by atomic mass is 15.2. The highest BCUT2D eigenvalue weighted by Crippen LogP contribution is 2.19. The Balaban J connectivity index is 1.60. The highest BCUT2D eigenvalue weighted by Gasteiger charge is 2.12. The topological polar surface area (TPSA) is 33.1 Å². The zero-order valence-electron chi connectivity index (χ0n) is 12.0. The quantitative estimate of drug-likeness (QED) is 0.906. The van der Waals surface area contributed by atoms with Crippen molar-refractivity contribution >= 4 is 11.5 Å². The number of nitrogens with zero attached hydrogens (tertiary/aromatic N) is 3. The molecule has 2 aromatic rings. The van der Waals surface area contributed by atoms with Crippen LogP contribution in [-0.2, 0) is 13.1 Å². The van der Waals surface area contributed by atoms with Gasteiger partial charge in [-0.3, -0.25) is 0 Å². The Morgan fingerprint density at radius 2 is 2.05 bits per heavy atom. The summed E-state index contributed by atoms with van der Waals surface area (Å²) >= 11 is 0. The maximum absolute atomic E-state index is 4.56. The molecule has 1 N–H and O–H groups in total. The maximum Gasteiger partial charge on any atom is 0.128 e. The standard InChI is InChI=1S/C16H22N4/c1-2-19-11-5-6-15(19)13-17-14-7-8-16(18-12-14)20-9-3-4-10-20/h5-8,11-12,17H,2-4,9-10,13H2,1H3. The van der Waals surface area contributed by atoms with E-state index in [-0.39, 0.29) is 0 Å². The minimum Gasteiger partial charge on any atom is -0.378 e.